The Labute approximate surface area is 150 Å². The van der Waals surface area contributed by atoms with E-state index >= 15 is 0 Å². The fourth-order valence-corrected chi connectivity index (χ4v) is 7.50. The molecule has 0 amide bonds. The molecule has 1 unspecified atom stereocenters. The number of carbonyl (C=O) groups is 2. The monoisotopic (exact) mass is 336 g/mol. The zero-order chi connectivity index (χ0) is 17.4. The highest BCUT2D eigenvalue weighted by molar-refractivity contribution is 5.93. The van der Waals surface area contributed by atoms with Crippen molar-refractivity contribution >= 4 is 11.6 Å². The maximum absolute atomic E-state index is 13.0. The topological polar surface area (TPSA) is 34.1 Å². The van der Waals surface area contributed by atoms with E-state index in [-0.39, 0.29) is 16.2 Å². The van der Waals surface area contributed by atoms with E-state index < -0.39 is 0 Å². The van der Waals surface area contributed by atoms with Gasteiger partial charge in [-0.3, -0.25) is 9.59 Å². The molecule has 4 atom stereocenters. The van der Waals surface area contributed by atoms with Gasteiger partial charge in [0.15, 0.2) is 5.78 Å². The number of allylic oxidation sites excluding steroid dienone is 6. The molecular weight excluding hydrogens is 308 g/mol. The van der Waals surface area contributed by atoms with Crippen LogP contribution in [0.3, 0.4) is 0 Å². The van der Waals surface area contributed by atoms with E-state index in [1.165, 1.54) is 17.6 Å². The number of rotatable bonds is 2. The maximum Gasteiger partial charge on any atom is 0.156 e. The van der Waals surface area contributed by atoms with E-state index in [0.717, 1.165) is 38.5 Å². The lowest BCUT2D eigenvalue weighted by molar-refractivity contribution is -0.133. The van der Waals surface area contributed by atoms with Crippen molar-refractivity contribution in [1.82, 2.24) is 0 Å². The molecule has 5 rings (SSSR count). The molecule has 0 radical (unpaired) electrons. The average Bonchev–Trinajstić information content (AvgIpc) is 3.05. The highest BCUT2D eigenvalue weighted by Crippen LogP contribution is 2.77. The third kappa shape index (κ3) is 1.63. The molecule has 5 aliphatic rings. The first-order valence-corrected chi connectivity index (χ1v) is 10.2. The third-order valence-electron chi connectivity index (χ3n) is 8.80. The molecule has 0 aromatic heterocycles. The molecule has 0 N–H and O–H groups in total. The Morgan fingerprint density at radius 1 is 1.12 bits per heavy atom. The second kappa shape index (κ2) is 4.84. The maximum atomic E-state index is 13.0. The molecule has 0 saturated heterocycles. The van der Waals surface area contributed by atoms with Gasteiger partial charge in [0.05, 0.1) is 5.41 Å². The smallest absolute Gasteiger partial charge is 0.156 e. The predicted octanol–water partition coefficient (Wildman–Crippen LogP) is 5.10. The Hall–Kier alpha value is -1.44. The van der Waals surface area contributed by atoms with Crippen LogP contribution in [0.1, 0.15) is 71.6 Å². The molecule has 2 nitrogen and oxygen atoms in total. The summed E-state index contributed by atoms with van der Waals surface area (Å²) in [5.74, 6) is 1.36. The van der Waals surface area contributed by atoms with Gasteiger partial charge >= 0.3 is 0 Å². The van der Waals surface area contributed by atoms with E-state index in [9.17, 15) is 9.59 Å². The largest absolute Gasteiger partial charge is 0.299 e. The number of Topliss-reactive ketones (excluding diaryl/α,β-unsaturated/α-hetero) is 1. The van der Waals surface area contributed by atoms with Gasteiger partial charge in [-0.1, -0.05) is 31.6 Å². The van der Waals surface area contributed by atoms with Gasteiger partial charge in [0, 0.05) is 18.3 Å². The zero-order valence-electron chi connectivity index (χ0n) is 15.5. The van der Waals surface area contributed by atoms with Crippen molar-refractivity contribution in [2.45, 2.75) is 71.6 Å². The summed E-state index contributed by atoms with van der Waals surface area (Å²) in [4.78, 5) is 24.8. The first-order valence-electron chi connectivity index (χ1n) is 10.2. The molecule has 2 saturated carbocycles. The quantitative estimate of drug-likeness (QED) is 0.658. The molecular formula is C23H28O2. The summed E-state index contributed by atoms with van der Waals surface area (Å²) in [5, 5.41) is 0. The van der Waals surface area contributed by atoms with Crippen LogP contribution < -0.4 is 0 Å². The Morgan fingerprint density at radius 3 is 2.68 bits per heavy atom. The SMILES string of the molecule is CCC(=O)[C@@]12C=CC3(CC1)[C@@H]1CCC4=CC(=O)CCC4=C1CC[C@@]32C. The molecule has 0 aromatic rings. The summed E-state index contributed by atoms with van der Waals surface area (Å²) in [6, 6.07) is 0. The molecule has 5 aliphatic carbocycles. The van der Waals surface area contributed by atoms with Crippen molar-refractivity contribution in [2.24, 2.45) is 22.2 Å². The van der Waals surface area contributed by atoms with Crippen LogP contribution in [0.4, 0.5) is 0 Å². The lowest BCUT2D eigenvalue weighted by Gasteiger charge is -2.55. The molecule has 0 spiro atoms. The van der Waals surface area contributed by atoms with Crippen molar-refractivity contribution in [1.29, 1.82) is 0 Å². The van der Waals surface area contributed by atoms with Gasteiger partial charge in [0.2, 0.25) is 0 Å². The normalized spacial score (nSPS) is 44.3. The first-order chi connectivity index (χ1) is 12.0. The summed E-state index contributed by atoms with van der Waals surface area (Å²) < 4.78 is 0. The minimum Gasteiger partial charge on any atom is -0.299 e. The van der Waals surface area contributed by atoms with E-state index in [1.54, 1.807) is 5.57 Å². The molecule has 0 aliphatic heterocycles. The number of hydrogen-bond acceptors (Lipinski definition) is 2. The molecule has 2 fully saturated rings. The van der Waals surface area contributed by atoms with Gasteiger partial charge in [-0.25, -0.2) is 0 Å². The van der Waals surface area contributed by atoms with Gasteiger partial charge in [-0.2, -0.15) is 0 Å². The molecule has 0 heterocycles. The van der Waals surface area contributed by atoms with Crippen LogP contribution in [0.2, 0.25) is 0 Å². The van der Waals surface area contributed by atoms with Crippen molar-refractivity contribution in [3.8, 4) is 0 Å². The number of ketones is 2. The van der Waals surface area contributed by atoms with Crippen LogP contribution in [0.15, 0.2) is 34.9 Å². The lowest BCUT2D eigenvalue weighted by Crippen LogP contribution is -2.50. The van der Waals surface area contributed by atoms with Crippen LogP contribution in [0, 0.1) is 22.2 Å². The standard InChI is InChI=1S/C23H28O2/c1-3-20(25)23-12-10-22(11-13-23)19-7-4-15-14-16(24)5-6-17(15)18(19)8-9-21(22,23)2/h10,12,14,19H,3-9,11,13H2,1-2H3/t19-,21+,22?,23-/m1/s1. The summed E-state index contributed by atoms with van der Waals surface area (Å²) in [5.41, 5.74) is 4.59. The molecule has 0 aromatic carbocycles. The van der Waals surface area contributed by atoms with Gasteiger partial charge in [-0.15, -0.1) is 0 Å². The third-order valence-corrected chi connectivity index (χ3v) is 8.80. The number of hydrogen-bond donors (Lipinski definition) is 0. The van der Waals surface area contributed by atoms with E-state index in [4.69, 9.17) is 0 Å². The predicted molar refractivity (Wildman–Crippen MR) is 98.0 cm³/mol. The first kappa shape index (κ1) is 15.8. The second-order valence-electron chi connectivity index (χ2n) is 9.18. The summed E-state index contributed by atoms with van der Waals surface area (Å²) in [7, 11) is 0. The van der Waals surface area contributed by atoms with Crippen molar-refractivity contribution in [2.75, 3.05) is 0 Å². The number of carbonyl (C=O) groups excluding carboxylic acids is 2. The van der Waals surface area contributed by atoms with Crippen LogP contribution in [-0.2, 0) is 9.59 Å². The Balaban J connectivity index is 1.63. The fraction of sp³-hybridized carbons (Fsp3) is 0.652. The number of fused-ring (bicyclic) bond motifs is 2. The van der Waals surface area contributed by atoms with Crippen LogP contribution in [0.5, 0.6) is 0 Å². The van der Waals surface area contributed by atoms with Crippen molar-refractivity contribution < 1.29 is 9.59 Å². The highest BCUT2D eigenvalue weighted by Gasteiger charge is 2.72. The van der Waals surface area contributed by atoms with Crippen LogP contribution in [0.25, 0.3) is 0 Å². The zero-order valence-corrected chi connectivity index (χ0v) is 15.5. The fourth-order valence-electron chi connectivity index (χ4n) is 7.50. The molecule has 2 bridgehead atoms. The molecule has 25 heavy (non-hydrogen) atoms. The van der Waals surface area contributed by atoms with Gasteiger partial charge in [0.1, 0.15) is 5.78 Å². The van der Waals surface area contributed by atoms with Gasteiger partial charge in [0.25, 0.3) is 0 Å². The van der Waals surface area contributed by atoms with Gasteiger partial charge in [-0.05, 0) is 73.5 Å². The highest BCUT2D eigenvalue weighted by atomic mass is 16.1. The summed E-state index contributed by atoms with van der Waals surface area (Å²) in [6.07, 6.45) is 15.7. The van der Waals surface area contributed by atoms with Crippen LogP contribution in [-0.4, -0.2) is 11.6 Å². The van der Waals surface area contributed by atoms with Crippen LogP contribution >= 0.6 is 0 Å². The molecule has 132 valence electrons. The Bertz CT molecular complexity index is 782. The van der Waals surface area contributed by atoms with Crippen molar-refractivity contribution in [3.05, 3.63) is 34.9 Å². The van der Waals surface area contributed by atoms with E-state index in [2.05, 4.69) is 19.1 Å². The molecule has 2 heteroatoms. The minimum absolute atomic E-state index is 0.105. The summed E-state index contributed by atoms with van der Waals surface area (Å²) >= 11 is 0. The minimum atomic E-state index is -0.198. The summed E-state index contributed by atoms with van der Waals surface area (Å²) in [6.45, 7) is 4.45. The lowest BCUT2D eigenvalue weighted by atomic mass is 9.47. The average molecular weight is 336 g/mol. The Morgan fingerprint density at radius 2 is 1.96 bits per heavy atom. The van der Waals surface area contributed by atoms with E-state index in [0.29, 0.717) is 30.3 Å². The van der Waals surface area contributed by atoms with Gasteiger partial charge < -0.3 is 0 Å². The van der Waals surface area contributed by atoms with E-state index in [1.807, 2.05) is 13.0 Å². The van der Waals surface area contributed by atoms with Crippen molar-refractivity contribution in [3.63, 3.8) is 0 Å². The Kier molecular flexibility index (Phi) is 3.05. The second-order valence-corrected chi connectivity index (χ2v) is 9.18.